The second kappa shape index (κ2) is 7.72. The zero-order chi connectivity index (χ0) is 21.4. The smallest absolute Gasteiger partial charge is 0.219 e. The molecule has 0 saturated carbocycles. The highest BCUT2D eigenvalue weighted by Gasteiger charge is 2.45. The molecular weight excluding hydrogens is 394 g/mol. The molecule has 9 nitrogen and oxygen atoms in total. The summed E-state index contributed by atoms with van der Waals surface area (Å²) in [4.78, 5) is 28.2. The number of carbonyl (C=O) groups is 1. The first kappa shape index (κ1) is 19.6. The Hall–Kier alpha value is -3.36. The summed E-state index contributed by atoms with van der Waals surface area (Å²) < 4.78 is 4.83. The number of anilines is 1. The molecule has 1 amide bonds. The fourth-order valence-electron chi connectivity index (χ4n) is 4.79. The molecule has 1 aliphatic heterocycles. The van der Waals surface area contributed by atoms with Crippen LogP contribution in [0.4, 0.5) is 5.82 Å². The van der Waals surface area contributed by atoms with Gasteiger partial charge in [0.15, 0.2) is 5.82 Å². The second-order valence-electron chi connectivity index (χ2n) is 8.44. The second-order valence-corrected chi connectivity index (χ2v) is 8.44. The molecule has 0 radical (unpaired) electrons. The van der Waals surface area contributed by atoms with Gasteiger partial charge in [0, 0.05) is 48.9 Å². The number of hydrogen-bond donors (Lipinski definition) is 1. The van der Waals surface area contributed by atoms with Crippen LogP contribution in [0.15, 0.2) is 29.2 Å². The van der Waals surface area contributed by atoms with Crippen molar-refractivity contribution in [2.24, 2.45) is 0 Å². The molecule has 1 atom stereocenters. The van der Waals surface area contributed by atoms with Gasteiger partial charge in [-0.25, -0.2) is 14.6 Å². The Morgan fingerprint density at radius 2 is 2.19 bits per heavy atom. The maximum absolute atomic E-state index is 12.1. The predicted octanol–water partition coefficient (Wildman–Crippen LogP) is 2.67. The molecule has 1 fully saturated rings. The lowest BCUT2D eigenvalue weighted by molar-refractivity contribution is -0.131. The van der Waals surface area contributed by atoms with Crippen LogP contribution in [0.25, 0.3) is 11.4 Å². The summed E-state index contributed by atoms with van der Waals surface area (Å²) in [6.07, 6.45) is 7.38. The highest BCUT2D eigenvalue weighted by Crippen LogP contribution is 2.46. The minimum absolute atomic E-state index is 0.124. The largest absolute Gasteiger partial charge is 0.364 e. The number of nitrogens with one attached hydrogen (secondary N) is 1. The molecule has 0 aromatic carbocycles. The van der Waals surface area contributed by atoms with Crippen LogP contribution in [-0.4, -0.2) is 49.2 Å². The minimum atomic E-state index is -0.124. The summed E-state index contributed by atoms with van der Waals surface area (Å²) in [5, 5.41) is 11.3. The molecule has 9 heteroatoms. The van der Waals surface area contributed by atoms with Crippen LogP contribution in [0.1, 0.15) is 48.8 Å². The number of hydrogen-bond acceptors (Lipinski definition) is 8. The first-order valence-electron chi connectivity index (χ1n) is 10.6. The fraction of sp³-hybridized carbons (Fsp3) is 0.455. The van der Waals surface area contributed by atoms with Crippen molar-refractivity contribution in [2.45, 2.75) is 51.5 Å². The molecule has 5 rings (SSSR count). The van der Waals surface area contributed by atoms with E-state index in [1.165, 1.54) is 0 Å². The number of pyridine rings is 1. The van der Waals surface area contributed by atoms with E-state index < -0.39 is 0 Å². The topological polar surface area (TPSA) is 110 Å². The molecule has 31 heavy (non-hydrogen) atoms. The Bertz CT molecular complexity index is 1110. The predicted molar refractivity (Wildman–Crippen MR) is 113 cm³/mol. The summed E-state index contributed by atoms with van der Waals surface area (Å²) in [7, 11) is 0. The van der Waals surface area contributed by atoms with E-state index in [2.05, 4.69) is 20.6 Å². The number of aromatic nitrogens is 5. The van der Waals surface area contributed by atoms with Gasteiger partial charge in [-0.05, 0) is 44.7 Å². The van der Waals surface area contributed by atoms with Gasteiger partial charge in [0.25, 0.3) is 0 Å². The van der Waals surface area contributed by atoms with Gasteiger partial charge in [0.1, 0.15) is 17.2 Å². The molecule has 1 N–H and O–H groups in total. The Labute approximate surface area is 180 Å². The maximum atomic E-state index is 12.1. The lowest BCUT2D eigenvalue weighted by Gasteiger charge is -2.40. The van der Waals surface area contributed by atoms with Crippen molar-refractivity contribution in [3.63, 3.8) is 0 Å². The van der Waals surface area contributed by atoms with Crippen LogP contribution in [0.3, 0.4) is 0 Å². The molecule has 3 aromatic heterocycles. The number of carbonyl (C=O) groups excluding carboxylic acids is 1. The summed E-state index contributed by atoms with van der Waals surface area (Å²) in [5.74, 6) is 1.58. The van der Waals surface area contributed by atoms with E-state index in [4.69, 9.17) is 14.6 Å². The summed E-state index contributed by atoms with van der Waals surface area (Å²) in [6.45, 7) is 5.52. The first-order valence-corrected chi connectivity index (χ1v) is 10.6. The van der Waals surface area contributed by atoms with E-state index >= 15 is 0 Å². The molecule has 4 heterocycles. The van der Waals surface area contributed by atoms with Gasteiger partial charge in [-0.1, -0.05) is 10.3 Å². The average Bonchev–Trinajstić information content (AvgIpc) is 3.36. The Kier molecular flexibility index (Phi) is 4.88. The van der Waals surface area contributed by atoms with Crippen molar-refractivity contribution in [1.29, 1.82) is 0 Å². The number of nitrogens with zero attached hydrogens (tertiary/aromatic N) is 6. The summed E-state index contributed by atoms with van der Waals surface area (Å²) in [5.41, 5.74) is 4.45. The van der Waals surface area contributed by atoms with Gasteiger partial charge in [-0.15, -0.1) is 0 Å². The minimum Gasteiger partial charge on any atom is -0.364 e. The highest BCUT2D eigenvalue weighted by molar-refractivity contribution is 5.73. The number of aryl methyl sites for hydroxylation is 1. The number of piperidine rings is 1. The SMILES string of the molecule is CC(=O)N1CCCC2(CCc3c(NCc4nonc4C)nc(-c4cccnc4)nc32)C1. The van der Waals surface area contributed by atoms with Gasteiger partial charge in [0.05, 0.1) is 12.2 Å². The fourth-order valence-corrected chi connectivity index (χ4v) is 4.79. The van der Waals surface area contributed by atoms with Crippen molar-refractivity contribution in [1.82, 2.24) is 30.2 Å². The van der Waals surface area contributed by atoms with Crippen LogP contribution in [0.5, 0.6) is 0 Å². The molecule has 3 aromatic rings. The van der Waals surface area contributed by atoms with E-state index in [0.29, 0.717) is 18.9 Å². The van der Waals surface area contributed by atoms with Crippen LogP contribution >= 0.6 is 0 Å². The molecular formula is C22H25N7O2. The molecule has 1 spiro atoms. The van der Waals surface area contributed by atoms with Crippen molar-refractivity contribution in [2.75, 3.05) is 18.4 Å². The van der Waals surface area contributed by atoms with Crippen LogP contribution in [0, 0.1) is 6.92 Å². The summed E-state index contributed by atoms with van der Waals surface area (Å²) >= 11 is 0. The Balaban J connectivity index is 1.57. The maximum Gasteiger partial charge on any atom is 0.219 e. The van der Waals surface area contributed by atoms with Gasteiger partial charge in [-0.2, -0.15) is 0 Å². The van der Waals surface area contributed by atoms with Gasteiger partial charge < -0.3 is 10.2 Å². The van der Waals surface area contributed by atoms with E-state index in [1.807, 2.05) is 24.0 Å². The standard InChI is InChI=1S/C22H25N7O2/c1-14-18(28-31-27-14)12-24-21-17-6-8-22(7-4-10-29(13-22)15(2)30)19(17)25-20(26-21)16-5-3-9-23-11-16/h3,5,9,11H,4,6-8,10,12-13H2,1-2H3,(H,24,25,26). The average molecular weight is 419 g/mol. The molecule has 1 unspecified atom stereocenters. The molecule has 1 aliphatic carbocycles. The zero-order valence-electron chi connectivity index (χ0n) is 17.8. The van der Waals surface area contributed by atoms with Crippen molar-refractivity contribution in [3.05, 3.63) is 47.2 Å². The van der Waals surface area contributed by atoms with Crippen molar-refractivity contribution in [3.8, 4) is 11.4 Å². The van der Waals surface area contributed by atoms with E-state index in [-0.39, 0.29) is 11.3 Å². The highest BCUT2D eigenvalue weighted by atomic mass is 16.6. The molecule has 2 aliphatic rings. The molecule has 1 saturated heterocycles. The normalized spacial score (nSPS) is 20.1. The number of rotatable bonds is 4. The van der Waals surface area contributed by atoms with E-state index in [1.54, 1.807) is 19.3 Å². The van der Waals surface area contributed by atoms with Crippen molar-refractivity contribution >= 4 is 11.7 Å². The number of amides is 1. The number of likely N-dealkylation sites (tertiary alicyclic amines) is 1. The van der Waals surface area contributed by atoms with Gasteiger partial charge in [0.2, 0.25) is 5.91 Å². The lowest BCUT2D eigenvalue weighted by Crippen LogP contribution is -2.47. The van der Waals surface area contributed by atoms with Crippen LogP contribution in [-0.2, 0) is 23.2 Å². The van der Waals surface area contributed by atoms with Crippen LogP contribution < -0.4 is 5.32 Å². The Morgan fingerprint density at radius 1 is 1.29 bits per heavy atom. The monoisotopic (exact) mass is 419 g/mol. The third-order valence-electron chi connectivity index (χ3n) is 6.47. The number of fused-ring (bicyclic) bond motifs is 2. The third kappa shape index (κ3) is 3.54. The first-order chi connectivity index (χ1) is 15.1. The van der Waals surface area contributed by atoms with Crippen LogP contribution in [0.2, 0.25) is 0 Å². The third-order valence-corrected chi connectivity index (χ3v) is 6.47. The molecule has 0 bridgehead atoms. The van der Waals surface area contributed by atoms with Crippen molar-refractivity contribution < 1.29 is 9.42 Å². The van der Waals surface area contributed by atoms with Gasteiger partial charge in [-0.3, -0.25) is 9.78 Å². The Morgan fingerprint density at radius 3 is 2.94 bits per heavy atom. The van der Waals surface area contributed by atoms with Gasteiger partial charge >= 0.3 is 0 Å². The lowest BCUT2D eigenvalue weighted by atomic mass is 9.77. The van der Waals surface area contributed by atoms with E-state index in [0.717, 1.165) is 66.3 Å². The summed E-state index contributed by atoms with van der Waals surface area (Å²) in [6, 6.07) is 3.85. The zero-order valence-corrected chi connectivity index (χ0v) is 17.8. The quantitative estimate of drug-likeness (QED) is 0.687. The van der Waals surface area contributed by atoms with E-state index in [9.17, 15) is 4.79 Å². The molecule has 160 valence electrons.